The Bertz CT molecular complexity index is 908. The third-order valence-electron chi connectivity index (χ3n) is 4.48. The number of carbonyl (C=O) groups is 1. The van der Waals surface area contributed by atoms with Crippen molar-refractivity contribution in [1.82, 2.24) is 9.62 Å². The molecule has 3 rings (SSSR count). The van der Waals surface area contributed by atoms with Crippen LogP contribution in [-0.2, 0) is 10.0 Å². The van der Waals surface area contributed by atoms with Crippen LogP contribution in [0.15, 0.2) is 40.6 Å². The summed E-state index contributed by atoms with van der Waals surface area (Å²) < 4.78 is 33.1. The Balaban J connectivity index is 1.95. The van der Waals surface area contributed by atoms with Crippen LogP contribution >= 0.6 is 11.3 Å². The molecule has 1 aromatic carbocycles. The average molecular weight is 409 g/mol. The first-order chi connectivity index (χ1) is 12.8. The number of benzene rings is 1. The summed E-state index contributed by atoms with van der Waals surface area (Å²) in [6.45, 7) is 4.16. The first-order valence-electron chi connectivity index (χ1n) is 8.88. The van der Waals surface area contributed by atoms with E-state index in [4.69, 9.17) is 4.74 Å². The van der Waals surface area contributed by atoms with Crippen LogP contribution in [-0.4, -0.2) is 38.9 Å². The predicted molar refractivity (Wildman–Crippen MR) is 106 cm³/mol. The van der Waals surface area contributed by atoms with Gasteiger partial charge in [0.15, 0.2) is 0 Å². The predicted octanol–water partition coefficient (Wildman–Crippen LogP) is 3.42. The summed E-state index contributed by atoms with van der Waals surface area (Å²) in [4.78, 5) is 16.1. The second-order valence-electron chi connectivity index (χ2n) is 6.81. The van der Waals surface area contributed by atoms with Gasteiger partial charge in [0.05, 0.1) is 13.2 Å². The lowest BCUT2D eigenvalue weighted by Gasteiger charge is -2.24. The van der Waals surface area contributed by atoms with Crippen molar-refractivity contribution in [2.45, 2.75) is 43.7 Å². The number of ether oxygens (including phenoxy) is 1. The fraction of sp³-hybridized carbons (Fsp3) is 0.421. The van der Waals surface area contributed by atoms with Crippen molar-refractivity contribution in [2.24, 2.45) is 0 Å². The summed E-state index contributed by atoms with van der Waals surface area (Å²) in [7, 11) is -2.37. The van der Waals surface area contributed by atoms with Gasteiger partial charge in [0.1, 0.15) is 10.6 Å². The van der Waals surface area contributed by atoms with E-state index in [0.29, 0.717) is 12.1 Å². The molecule has 0 bridgehead atoms. The Morgan fingerprint density at radius 2 is 2.11 bits per heavy atom. The molecule has 1 fully saturated rings. The smallest absolute Gasteiger partial charge is 0.254 e. The van der Waals surface area contributed by atoms with Gasteiger partial charge in [-0.25, -0.2) is 13.1 Å². The lowest BCUT2D eigenvalue weighted by molar-refractivity contribution is 0.0737. The first-order valence-corrected chi connectivity index (χ1v) is 11.2. The van der Waals surface area contributed by atoms with Crippen molar-refractivity contribution in [3.63, 3.8) is 0 Å². The highest BCUT2D eigenvalue weighted by atomic mass is 32.2. The summed E-state index contributed by atoms with van der Waals surface area (Å²) in [6.07, 6.45) is 1.85. The van der Waals surface area contributed by atoms with Crippen LogP contribution in [0.25, 0.3) is 0 Å². The SMILES string of the molecule is COc1ccc(C(=O)N2CCCC2c2cccs2)cc1S(=O)(=O)NC(C)C. The number of hydrogen-bond donors (Lipinski definition) is 1. The molecule has 0 aliphatic carbocycles. The topological polar surface area (TPSA) is 75.7 Å². The Morgan fingerprint density at radius 3 is 2.74 bits per heavy atom. The molecule has 1 amide bonds. The van der Waals surface area contributed by atoms with Crippen LogP contribution in [0.5, 0.6) is 5.75 Å². The molecule has 0 radical (unpaired) electrons. The number of nitrogens with one attached hydrogen (secondary N) is 1. The van der Waals surface area contributed by atoms with Crippen molar-refractivity contribution in [3.8, 4) is 5.75 Å². The third kappa shape index (κ3) is 4.17. The normalized spacial score (nSPS) is 17.5. The van der Waals surface area contributed by atoms with Gasteiger partial charge < -0.3 is 9.64 Å². The zero-order chi connectivity index (χ0) is 19.6. The molecule has 2 heterocycles. The Labute approximate surface area is 164 Å². The highest BCUT2D eigenvalue weighted by Crippen LogP contribution is 2.36. The van der Waals surface area contributed by atoms with Gasteiger partial charge >= 0.3 is 0 Å². The maximum Gasteiger partial charge on any atom is 0.254 e. The molecule has 1 unspecified atom stereocenters. The summed E-state index contributed by atoms with van der Waals surface area (Å²) in [5.41, 5.74) is 0.350. The third-order valence-corrected chi connectivity index (χ3v) is 7.13. The number of nitrogens with zero attached hydrogens (tertiary/aromatic N) is 1. The molecular weight excluding hydrogens is 384 g/mol. The molecule has 0 saturated carbocycles. The Hall–Kier alpha value is -1.90. The fourth-order valence-electron chi connectivity index (χ4n) is 3.35. The van der Waals surface area contributed by atoms with Crippen molar-refractivity contribution < 1.29 is 17.9 Å². The number of hydrogen-bond acceptors (Lipinski definition) is 5. The van der Waals surface area contributed by atoms with E-state index in [1.165, 1.54) is 13.2 Å². The Kier molecular flexibility index (Phi) is 5.88. The van der Waals surface area contributed by atoms with E-state index in [1.54, 1.807) is 37.3 Å². The minimum atomic E-state index is -3.78. The first kappa shape index (κ1) is 19.9. The minimum absolute atomic E-state index is 0.0172. The molecule has 8 heteroatoms. The van der Waals surface area contributed by atoms with E-state index in [2.05, 4.69) is 4.72 Å². The zero-order valence-corrected chi connectivity index (χ0v) is 17.3. The standard InChI is InChI=1S/C19H24N2O4S2/c1-13(2)20-27(23,24)18-12-14(8-9-16(18)25-3)19(22)21-10-4-6-15(21)17-7-5-11-26-17/h5,7-9,11-13,15,20H,4,6,10H2,1-3H3. The number of methoxy groups -OCH3 is 1. The van der Waals surface area contributed by atoms with E-state index in [-0.39, 0.29) is 28.6 Å². The van der Waals surface area contributed by atoms with Gasteiger partial charge in [-0.15, -0.1) is 11.3 Å². The van der Waals surface area contributed by atoms with Gasteiger partial charge in [-0.3, -0.25) is 4.79 Å². The summed E-state index contributed by atoms with van der Waals surface area (Å²) in [5.74, 6) is 0.0606. The average Bonchev–Trinajstić information content (AvgIpc) is 3.30. The van der Waals surface area contributed by atoms with Gasteiger partial charge in [0, 0.05) is 23.0 Å². The van der Waals surface area contributed by atoms with E-state index in [9.17, 15) is 13.2 Å². The van der Waals surface area contributed by atoms with Crippen LogP contribution in [0.3, 0.4) is 0 Å². The molecule has 27 heavy (non-hydrogen) atoms. The lowest BCUT2D eigenvalue weighted by Crippen LogP contribution is -2.32. The number of rotatable bonds is 6. The monoisotopic (exact) mass is 408 g/mol. The van der Waals surface area contributed by atoms with Crippen molar-refractivity contribution in [1.29, 1.82) is 0 Å². The maximum atomic E-state index is 13.1. The number of thiophene rings is 1. The van der Waals surface area contributed by atoms with Crippen LogP contribution < -0.4 is 9.46 Å². The molecule has 1 atom stereocenters. The number of amides is 1. The van der Waals surface area contributed by atoms with Crippen LogP contribution in [0.1, 0.15) is 48.0 Å². The molecule has 6 nitrogen and oxygen atoms in total. The lowest BCUT2D eigenvalue weighted by atomic mass is 10.1. The summed E-state index contributed by atoms with van der Waals surface area (Å²) >= 11 is 1.64. The molecular formula is C19H24N2O4S2. The van der Waals surface area contributed by atoms with E-state index in [0.717, 1.165) is 17.7 Å². The second kappa shape index (κ2) is 8.00. The van der Waals surface area contributed by atoms with Gasteiger partial charge in [-0.05, 0) is 56.3 Å². The minimum Gasteiger partial charge on any atom is -0.495 e. The zero-order valence-electron chi connectivity index (χ0n) is 15.6. The van der Waals surface area contributed by atoms with Crippen LogP contribution in [0.2, 0.25) is 0 Å². The quantitative estimate of drug-likeness (QED) is 0.795. The highest BCUT2D eigenvalue weighted by molar-refractivity contribution is 7.89. The molecule has 2 aromatic rings. The van der Waals surface area contributed by atoms with Crippen molar-refractivity contribution >= 4 is 27.3 Å². The summed E-state index contributed by atoms with van der Waals surface area (Å²) in [6, 6.07) is 8.39. The van der Waals surface area contributed by atoms with E-state index < -0.39 is 10.0 Å². The van der Waals surface area contributed by atoms with Gasteiger partial charge in [-0.2, -0.15) is 0 Å². The molecule has 1 N–H and O–H groups in total. The van der Waals surface area contributed by atoms with Gasteiger partial charge in [-0.1, -0.05) is 6.07 Å². The van der Waals surface area contributed by atoms with Crippen LogP contribution in [0.4, 0.5) is 0 Å². The van der Waals surface area contributed by atoms with E-state index >= 15 is 0 Å². The van der Waals surface area contributed by atoms with Crippen LogP contribution in [0, 0.1) is 0 Å². The number of carbonyl (C=O) groups excluding carboxylic acids is 1. The van der Waals surface area contributed by atoms with Crippen molar-refractivity contribution in [2.75, 3.05) is 13.7 Å². The summed E-state index contributed by atoms with van der Waals surface area (Å²) in [5, 5.41) is 2.01. The van der Waals surface area contributed by atoms with E-state index in [1.807, 2.05) is 22.4 Å². The molecule has 1 aliphatic rings. The second-order valence-corrected chi connectivity index (χ2v) is 9.48. The molecule has 1 saturated heterocycles. The highest BCUT2D eigenvalue weighted by Gasteiger charge is 2.32. The van der Waals surface area contributed by atoms with Gasteiger partial charge in [0.25, 0.3) is 5.91 Å². The largest absolute Gasteiger partial charge is 0.495 e. The molecule has 1 aliphatic heterocycles. The Morgan fingerprint density at radius 1 is 1.33 bits per heavy atom. The molecule has 0 spiro atoms. The number of likely N-dealkylation sites (tertiary alicyclic amines) is 1. The van der Waals surface area contributed by atoms with Crippen molar-refractivity contribution in [3.05, 3.63) is 46.2 Å². The maximum absolute atomic E-state index is 13.1. The molecule has 1 aromatic heterocycles. The fourth-order valence-corrected chi connectivity index (χ4v) is 5.67. The molecule has 146 valence electrons. The van der Waals surface area contributed by atoms with Gasteiger partial charge in [0.2, 0.25) is 10.0 Å². The number of sulfonamides is 1.